The summed E-state index contributed by atoms with van der Waals surface area (Å²) >= 11 is 0. The summed E-state index contributed by atoms with van der Waals surface area (Å²) in [4.78, 5) is 14.6. The van der Waals surface area contributed by atoms with Crippen molar-refractivity contribution in [2.45, 2.75) is 6.92 Å². The minimum atomic E-state index is -3.18. The molecule has 2 heterocycles. The molecule has 0 bridgehead atoms. The summed E-state index contributed by atoms with van der Waals surface area (Å²) in [6.07, 6.45) is 0. The number of fused-ring (bicyclic) bond motifs is 3. The number of ether oxygens (including phenoxy) is 1. The third-order valence-electron chi connectivity index (χ3n) is 5.43. The molecule has 1 amide bonds. The fraction of sp³-hybridized carbons (Fsp3) is 0.381. The average molecular weight is 432 g/mol. The number of piperazine rings is 1. The van der Waals surface area contributed by atoms with E-state index < -0.39 is 10.0 Å². The highest BCUT2D eigenvalue weighted by molar-refractivity contribution is 7.89. The molecule has 8 nitrogen and oxygen atoms in total. The van der Waals surface area contributed by atoms with Gasteiger partial charge in [-0.3, -0.25) is 9.69 Å². The van der Waals surface area contributed by atoms with Crippen LogP contribution in [0.2, 0.25) is 0 Å². The number of para-hydroxylation sites is 1. The summed E-state index contributed by atoms with van der Waals surface area (Å²) in [7, 11) is -1.62. The first-order valence-corrected chi connectivity index (χ1v) is 11.5. The second-order valence-electron chi connectivity index (χ2n) is 7.27. The molecule has 1 N–H and O–H groups in total. The predicted molar refractivity (Wildman–Crippen MR) is 116 cm³/mol. The molecule has 160 valence electrons. The molecule has 0 aliphatic carbocycles. The lowest BCUT2D eigenvalue weighted by atomic mass is 10.1. The van der Waals surface area contributed by atoms with Crippen LogP contribution in [0.1, 0.15) is 6.92 Å². The number of carbonyl (C=O) groups excluding carboxylic acids is 1. The second-order valence-corrected chi connectivity index (χ2v) is 9.53. The van der Waals surface area contributed by atoms with Crippen LogP contribution in [0.5, 0.6) is 5.75 Å². The van der Waals surface area contributed by atoms with E-state index in [2.05, 4.69) is 5.32 Å². The molecule has 0 unspecified atom stereocenters. The standard InChI is InChI=1S/C21H25N3O5S/c1-3-30(26,27)24-10-8-23(9-11-24)14-21(25)22-17-13-19-16(12-20(17)28-2)15-6-4-5-7-18(15)29-19/h4-7,12-13H,3,8-11,14H2,1-2H3,(H,22,25). The second kappa shape index (κ2) is 8.25. The molecule has 9 heteroatoms. The van der Waals surface area contributed by atoms with Crippen molar-refractivity contribution in [3.05, 3.63) is 36.4 Å². The zero-order valence-corrected chi connectivity index (χ0v) is 17.9. The zero-order valence-electron chi connectivity index (χ0n) is 17.1. The number of nitrogens with one attached hydrogen (secondary N) is 1. The van der Waals surface area contributed by atoms with E-state index in [0.29, 0.717) is 43.2 Å². The fourth-order valence-electron chi connectivity index (χ4n) is 3.76. The van der Waals surface area contributed by atoms with Crippen molar-refractivity contribution < 1.29 is 22.4 Å². The van der Waals surface area contributed by atoms with Gasteiger partial charge >= 0.3 is 0 Å². The van der Waals surface area contributed by atoms with Gasteiger partial charge in [0.2, 0.25) is 15.9 Å². The number of hydrogen-bond acceptors (Lipinski definition) is 6. The van der Waals surface area contributed by atoms with E-state index in [-0.39, 0.29) is 18.2 Å². The monoisotopic (exact) mass is 431 g/mol. The molecule has 1 saturated heterocycles. The van der Waals surface area contributed by atoms with Crippen LogP contribution in [0.3, 0.4) is 0 Å². The molecule has 0 radical (unpaired) electrons. The largest absolute Gasteiger partial charge is 0.495 e. The minimum Gasteiger partial charge on any atom is -0.495 e. The Labute approximate surface area is 175 Å². The Balaban J connectivity index is 1.46. The molecule has 1 aliphatic heterocycles. The number of rotatable bonds is 6. The van der Waals surface area contributed by atoms with E-state index in [9.17, 15) is 13.2 Å². The summed E-state index contributed by atoms with van der Waals surface area (Å²) in [5.74, 6) is 0.467. The van der Waals surface area contributed by atoms with Crippen molar-refractivity contribution in [1.82, 2.24) is 9.21 Å². The van der Waals surface area contributed by atoms with Crippen molar-refractivity contribution in [2.75, 3.05) is 50.9 Å². The number of hydrogen-bond donors (Lipinski definition) is 1. The maximum absolute atomic E-state index is 12.6. The van der Waals surface area contributed by atoms with Crippen LogP contribution < -0.4 is 10.1 Å². The van der Waals surface area contributed by atoms with Crippen LogP contribution >= 0.6 is 0 Å². The minimum absolute atomic E-state index is 0.0948. The van der Waals surface area contributed by atoms with E-state index in [1.807, 2.05) is 35.2 Å². The maximum Gasteiger partial charge on any atom is 0.238 e. The van der Waals surface area contributed by atoms with Gasteiger partial charge in [0.05, 0.1) is 25.1 Å². The van der Waals surface area contributed by atoms with Gasteiger partial charge < -0.3 is 14.5 Å². The topological polar surface area (TPSA) is 92.1 Å². The Morgan fingerprint density at radius 1 is 1.10 bits per heavy atom. The fourth-order valence-corrected chi connectivity index (χ4v) is 4.84. The highest BCUT2D eigenvalue weighted by atomic mass is 32.2. The number of nitrogens with zero attached hydrogens (tertiary/aromatic N) is 2. The Morgan fingerprint density at radius 2 is 1.83 bits per heavy atom. The molecule has 0 atom stereocenters. The highest BCUT2D eigenvalue weighted by Gasteiger charge is 2.26. The lowest BCUT2D eigenvalue weighted by molar-refractivity contribution is -0.117. The van der Waals surface area contributed by atoms with Crippen molar-refractivity contribution >= 4 is 43.6 Å². The van der Waals surface area contributed by atoms with Crippen LogP contribution in [-0.4, -0.2) is 69.1 Å². The molecule has 0 saturated carbocycles. The van der Waals surface area contributed by atoms with Gasteiger partial charge in [0.25, 0.3) is 0 Å². The van der Waals surface area contributed by atoms with Crippen LogP contribution in [0, 0.1) is 0 Å². The van der Waals surface area contributed by atoms with Crippen LogP contribution in [0.4, 0.5) is 5.69 Å². The van der Waals surface area contributed by atoms with E-state index in [1.54, 1.807) is 20.1 Å². The first-order valence-electron chi connectivity index (χ1n) is 9.90. The van der Waals surface area contributed by atoms with E-state index in [1.165, 1.54) is 4.31 Å². The zero-order chi connectivity index (χ0) is 21.3. The molecular formula is C21H25N3O5S. The summed E-state index contributed by atoms with van der Waals surface area (Å²) in [5.41, 5.74) is 1.99. The quantitative estimate of drug-likeness (QED) is 0.645. The first-order chi connectivity index (χ1) is 14.4. The average Bonchev–Trinajstić information content (AvgIpc) is 3.10. The van der Waals surface area contributed by atoms with Gasteiger partial charge in [-0.2, -0.15) is 4.31 Å². The smallest absolute Gasteiger partial charge is 0.238 e. The van der Waals surface area contributed by atoms with Gasteiger partial charge in [-0.15, -0.1) is 0 Å². The van der Waals surface area contributed by atoms with Crippen LogP contribution in [0.25, 0.3) is 21.9 Å². The third-order valence-corrected chi connectivity index (χ3v) is 7.31. The van der Waals surface area contributed by atoms with Gasteiger partial charge in [0, 0.05) is 43.0 Å². The summed E-state index contributed by atoms with van der Waals surface area (Å²) in [6.45, 7) is 3.66. The van der Waals surface area contributed by atoms with Gasteiger partial charge in [-0.05, 0) is 19.1 Å². The van der Waals surface area contributed by atoms with Crippen molar-refractivity contribution in [3.63, 3.8) is 0 Å². The Hall–Kier alpha value is -2.62. The van der Waals surface area contributed by atoms with E-state index >= 15 is 0 Å². The van der Waals surface area contributed by atoms with Gasteiger partial charge in [0.1, 0.15) is 16.9 Å². The number of amides is 1. The van der Waals surface area contributed by atoms with Crippen LogP contribution in [-0.2, 0) is 14.8 Å². The van der Waals surface area contributed by atoms with Crippen molar-refractivity contribution in [3.8, 4) is 5.75 Å². The normalized spacial score (nSPS) is 16.2. The number of sulfonamides is 1. The summed E-state index contributed by atoms with van der Waals surface area (Å²) in [5, 5.41) is 4.81. The van der Waals surface area contributed by atoms with Crippen LogP contribution in [0.15, 0.2) is 40.8 Å². The van der Waals surface area contributed by atoms with E-state index in [4.69, 9.17) is 9.15 Å². The predicted octanol–water partition coefficient (Wildman–Crippen LogP) is 2.50. The Morgan fingerprint density at radius 3 is 2.53 bits per heavy atom. The van der Waals surface area contributed by atoms with Gasteiger partial charge in [0.15, 0.2) is 0 Å². The SMILES string of the molecule is CCS(=O)(=O)N1CCN(CC(=O)Nc2cc3oc4ccccc4c3cc2OC)CC1. The maximum atomic E-state index is 12.6. The molecular weight excluding hydrogens is 406 g/mol. The molecule has 1 aromatic heterocycles. The van der Waals surface area contributed by atoms with Crippen molar-refractivity contribution in [2.24, 2.45) is 0 Å². The number of benzene rings is 2. The molecule has 0 spiro atoms. The number of carbonyl (C=O) groups is 1. The van der Waals surface area contributed by atoms with Gasteiger partial charge in [-0.25, -0.2) is 8.42 Å². The molecule has 1 fully saturated rings. The first kappa shape index (κ1) is 20.6. The molecule has 30 heavy (non-hydrogen) atoms. The Kier molecular flexibility index (Phi) is 5.68. The Bertz CT molecular complexity index is 1180. The number of anilines is 1. The molecule has 3 aromatic rings. The van der Waals surface area contributed by atoms with Crippen molar-refractivity contribution in [1.29, 1.82) is 0 Å². The van der Waals surface area contributed by atoms with E-state index in [0.717, 1.165) is 16.4 Å². The summed E-state index contributed by atoms with van der Waals surface area (Å²) in [6, 6.07) is 11.4. The van der Waals surface area contributed by atoms with Gasteiger partial charge in [-0.1, -0.05) is 18.2 Å². The molecule has 2 aromatic carbocycles. The number of methoxy groups -OCH3 is 1. The third kappa shape index (κ3) is 4.00. The molecule has 1 aliphatic rings. The molecule has 4 rings (SSSR count). The lowest BCUT2D eigenvalue weighted by Gasteiger charge is -2.33. The lowest BCUT2D eigenvalue weighted by Crippen LogP contribution is -2.50. The number of furan rings is 1. The summed E-state index contributed by atoms with van der Waals surface area (Å²) < 4.78 is 36.8. The highest BCUT2D eigenvalue weighted by Crippen LogP contribution is 2.36.